The molecule has 2 rings (SSSR count). The lowest BCUT2D eigenvalue weighted by Crippen LogP contribution is -2.21. The van der Waals surface area contributed by atoms with E-state index in [-0.39, 0.29) is 0 Å². The zero-order chi connectivity index (χ0) is 13.5. The Balaban J connectivity index is 1.68. The van der Waals surface area contributed by atoms with Crippen LogP contribution in [-0.2, 0) is 6.54 Å². The van der Waals surface area contributed by atoms with Crippen LogP contribution in [0.2, 0.25) is 0 Å². The largest absolute Gasteiger partial charge is 0.492 e. The number of ether oxygens (including phenoxy) is 1. The molecule has 0 unspecified atom stereocenters. The van der Waals surface area contributed by atoms with E-state index >= 15 is 0 Å². The minimum Gasteiger partial charge on any atom is -0.492 e. The molecule has 0 spiro atoms. The van der Waals surface area contributed by atoms with Gasteiger partial charge in [0, 0.05) is 25.4 Å². The summed E-state index contributed by atoms with van der Waals surface area (Å²) in [5.41, 5.74) is 0.940. The maximum Gasteiger partial charge on any atom is 0.162 e. The summed E-state index contributed by atoms with van der Waals surface area (Å²) >= 11 is 0. The summed E-state index contributed by atoms with van der Waals surface area (Å²) in [4.78, 5) is 4.16. The van der Waals surface area contributed by atoms with Gasteiger partial charge in [0.05, 0.1) is 5.69 Å². The SMILES string of the molecule is Fc1ccc(OCCNCc2ccccn2)cc1F. The molecule has 1 N–H and O–H groups in total. The first-order valence-electron chi connectivity index (χ1n) is 5.94. The van der Waals surface area contributed by atoms with Crippen LogP contribution in [0.15, 0.2) is 42.6 Å². The van der Waals surface area contributed by atoms with Gasteiger partial charge < -0.3 is 10.1 Å². The number of benzene rings is 1. The molecule has 3 nitrogen and oxygen atoms in total. The molecule has 0 fully saturated rings. The smallest absolute Gasteiger partial charge is 0.162 e. The molecule has 19 heavy (non-hydrogen) atoms. The quantitative estimate of drug-likeness (QED) is 0.814. The Labute approximate surface area is 110 Å². The number of rotatable bonds is 6. The maximum absolute atomic E-state index is 12.9. The summed E-state index contributed by atoms with van der Waals surface area (Å²) in [6.45, 7) is 1.61. The fourth-order valence-corrected chi connectivity index (χ4v) is 1.53. The summed E-state index contributed by atoms with van der Waals surface area (Å²) in [6, 6.07) is 9.18. The molecular weight excluding hydrogens is 250 g/mol. The average Bonchev–Trinajstić information content (AvgIpc) is 2.43. The molecule has 0 aliphatic carbocycles. The number of pyridine rings is 1. The van der Waals surface area contributed by atoms with Gasteiger partial charge in [-0.2, -0.15) is 0 Å². The molecule has 100 valence electrons. The fraction of sp³-hybridized carbons (Fsp3) is 0.214. The number of aromatic nitrogens is 1. The Morgan fingerprint density at radius 1 is 1.11 bits per heavy atom. The lowest BCUT2D eigenvalue weighted by atomic mass is 10.3. The standard InChI is InChI=1S/C14H14F2N2O/c15-13-5-4-12(9-14(13)16)19-8-7-17-10-11-3-1-2-6-18-11/h1-6,9,17H,7-8,10H2. The monoisotopic (exact) mass is 264 g/mol. The maximum atomic E-state index is 12.9. The molecule has 0 atom stereocenters. The van der Waals surface area contributed by atoms with Crippen LogP contribution in [-0.4, -0.2) is 18.1 Å². The topological polar surface area (TPSA) is 34.1 Å². The molecular formula is C14H14F2N2O. The Kier molecular flexibility index (Phi) is 4.80. The highest BCUT2D eigenvalue weighted by Gasteiger charge is 2.02. The lowest BCUT2D eigenvalue weighted by molar-refractivity contribution is 0.310. The van der Waals surface area contributed by atoms with Crippen molar-refractivity contribution in [3.8, 4) is 5.75 Å². The third-order valence-corrected chi connectivity index (χ3v) is 2.47. The molecule has 0 aliphatic rings. The van der Waals surface area contributed by atoms with Crippen LogP contribution in [0, 0.1) is 11.6 Å². The van der Waals surface area contributed by atoms with E-state index in [9.17, 15) is 8.78 Å². The van der Waals surface area contributed by atoms with Crippen LogP contribution in [0.4, 0.5) is 8.78 Å². The van der Waals surface area contributed by atoms with Crippen molar-refractivity contribution >= 4 is 0 Å². The molecule has 0 saturated heterocycles. The molecule has 1 heterocycles. The van der Waals surface area contributed by atoms with Crippen LogP contribution in [0.1, 0.15) is 5.69 Å². The predicted octanol–water partition coefficient (Wildman–Crippen LogP) is 2.53. The Hall–Kier alpha value is -2.01. The number of nitrogens with zero attached hydrogens (tertiary/aromatic N) is 1. The second kappa shape index (κ2) is 6.80. The number of hydrogen-bond acceptors (Lipinski definition) is 3. The van der Waals surface area contributed by atoms with Gasteiger partial charge in [0.15, 0.2) is 11.6 Å². The molecule has 0 radical (unpaired) electrons. The van der Waals surface area contributed by atoms with E-state index in [1.165, 1.54) is 6.07 Å². The number of hydrogen-bond donors (Lipinski definition) is 1. The van der Waals surface area contributed by atoms with Crippen molar-refractivity contribution in [3.05, 3.63) is 59.9 Å². The average molecular weight is 264 g/mol. The van der Waals surface area contributed by atoms with Gasteiger partial charge in [-0.15, -0.1) is 0 Å². The summed E-state index contributed by atoms with van der Waals surface area (Å²) in [7, 11) is 0. The number of nitrogens with one attached hydrogen (secondary N) is 1. The normalized spacial score (nSPS) is 10.4. The second-order valence-corrected chi connectivity index (χ2v) is 3.92. The zero-order valence-corrected chi connectivity index (χ0v) is 10.3. The zero-order valence-electron chi connectivity index (χ0n) is 10.3. The van der Waals surface area contributed by atoms with E-state index in [4.69, 9.17) is 4.74 Å². The van der Waals surface area contributed by atoms with Crippen LogP contribution < -0.4 is 10.1 Å². The van der Waals surface area contributed by atoms with E-state index in [0.29, 0.717) is 25.4 Å². The minimum absolute atomic E-state index is 0.318. The van der Waals surface area contributed by atoms with Crippen molar-refractivity contribution in [2.75, 3.05) is 13.2 Å². The molecule has 5 heteroatoms. The lowest BCUT2D eigenvalue weighted by Gasteiger charge is -2.07. The van der Waals surface area contributed by atoms with E-state index in [1.54, 1.807) is 6.20 Å². The molecule has 0 bridgehead atoms. The van der Waals surface area contributed by atoms with Gasteiger partial charge in [-0.25, -0.2) is 8.78 Å². The minimum atomic E-state index is -0.904. The van der Waals surface area contributed by atoms with E-state index in [2.05, 4.69) is 10.3 Å². The van der Waals surface area contributed by atoms with E-state index in [0.717, 1.165) is 17.8 Å². The first-order chi connectivity index (χ1) is 9.25. The first-order valence-corrected chi connectivity index (χ1v) is 5.94. The fourth-order valence-electron chi connectivity index (χ4n) is 1.53. The molecule has 0 saturated carbocycles. The van der Waals surface area contributed by atoms with Gasteiger partial charge in [0.25, 0.3) is 0 Å². The molecule has 0 amide bonds. The summed E-state index contributed by atoms with van der Waals surface area (Å²) in [5.74, 6) is -1.46. The molecule has 1 aromatic carbocycles. The Morgan fingerprint density at radius 2 is 2.00 bits per heavy atom. The number of halogens is 2. The van der Waals surface area contributed by atoms with E-state index in [1.807, 2.05) is 18.2 Å². The van der Waals surface area contributed by atoms with Crippen molar-refractivity contribution in [1.82, 2.24) is 10.3 Å². The predicted molar refractivity (Wildman–Crippen MR) is 67.8 cm³/mol. The Morgan fingerprint density at radius 3 is 2.74 bits per heavy atom. The van der Waals surface area contributed by atoms with Crippen molar-refractivity contribution < 1.29 is 13.5 Å². The molecule has 0 aliphatic heterocycles. The second-order valence-electron chi connectivity index (χ2n) is 3.92. The highest BCUT2D eigenvalue weighted by Crippen LogP contribution is 2.14. The Bertz CT molecular complexity index is 520. The van der Waals surface area contributed by atoms with Gasteiger partial charge in [-0.1, -0.05) is 6.07 Å². The van der Waals surface area contributed by atoms with Gasteiger partial charge in [0.1, 0.15) is 12.4 Å². The van der Waals surface area contributed by atoms with Gasteiger partial charge >= 0.3 is 0 Å². The summed E-state index contributed by atoms with van der Waals surface area (Å²) in [5, 5.41) is 3.14. The highest BCUT2D eigenvalue weighted by molar-refractivity contribution is 5.23. The van der Waals surface area contributed by atoms with Crippen LogP contribution in [0.3, 0.4) is 0 Å². The van der Waals surface area contributed by atoms with Crippen molar-refractivity contribution in [2.45, 2.75) is 6.54 Å². The van der Waals surface area contributed by atoms with Gasteiger partial charge in [-0.3, -0.25) is 4.98 Å². The van der Waals surface area contributed by atoms with Crippen LogP contribution in [0.25, 0.3) is 0 Å². The third kappa shape index (κ3) is 4.30. The highest BCUT2D eigenvalue weighted by atomic mass is 19.2. The summed E-state index contributed by atoms with van der Waals surface area (Å²) in [6.07, 6.45) is 1.73. The molecule has 1 aromatic heterocycles. The first kappa shape index (κ1) is 13.4. The van der Waals surface area contributed by atoms with E-state index < -0.39 is 11.6 Å². The van der Waals surface area contributed by atoms with Crippen LogP contribution in [0.5, 0.6) is 5.75 Å². The van der Waals surface area contributed by atoms with Gasteiger partial charge in [-0.05, 0) is 24.3 Å². The summed E-state index contributed by atoms with van der Waals surface area (Å²) < 4.78 is 30.9. The van der Waals surface area contributed by atoms with Crippen molar-refractivity contribution in [3.63, 3.8) is 0 Å². The van der Waals surface area contributed by atoms with Crippen LogP contribution >= 0.6 is 0 Å². The van der Waals surface area contributed by atoms with Gasteiger partial charge in [0.2, 0.25) is 0 Å². The van der Waals surface area contributed by atoms with Crippen molar-refractivity contribution in [2.24, 2.45) is 0 Å². The molecule has 2 aromatic rings. The third-order valence-electron chi connectivity index (χ3n) is 2.47. The van der Waals surface area contributed by atoms with Crippen molar-refractivity contribution in [1.29, 1.82) is 0 Å².